The molecule has 0 aliphatic heterocycles. The number of ether oxygens (including phenoxy) is 2. The van der Waals surface area contributed by atoms with Gasteiger partial charge in [0.15, 0.2) is 5.66 Å². The molecule has 0 aliphatic carbocycles. The summed E-state index contributed by atoms with van der Waals surface area (Å²) in [4.78, 5) is 24.9. The Labute approximate surface area is 157 Å². The molecule has 0 aromatic carbocycles. The Morgan fingerprint density at radius 2 is 1.42 bits per heavy atom. The summed E-state index contributed by atoms with van der Waals surface area (Å²) in [6, 6.07) is 0. The highest BCUT2D eigenvalue weighted by molar-refractivity contribution is 7.55. The second-order valence-electron chi connectivity index (χ2n) is 6.27. The van der Waals surface area contributed by atoms with Crippen LogP contribution in [-0.4, -0.2) is 43.0 Å². The molecule has 154 valence electrons. The summed E-state index contributed by atoms with van der Waals surface area (Å²) in [6.45, 7) is 11.1. The molecule has 0 saturated heterocycles. The van der Waals surface area contributed by atoms with E-state index in [9.17, 15) is 14.2 Å². The first-order valence-electron chi connectivity index (χ1n) is 9.49. The molecule has 0 spiro atoms. The smallest absolute Gasteiger partial charge is 0.345 e. The Morgan fingerprint density at radius 3 is 1.81 bits per heavy atom. The number of hydrogen-bond acceptors (Lipinski definition) is 7. The number of carbonyl (C=O) groups excluding carboxylic acids is 2. The van der Waals surface area contributed by atoms with E-state index < -0.39 is 37.2 Å². The zero-order valence-corrected chi connectivity index (χ0v) is 17.9. The molecule has 8 heteroatoms. The molecule has 0 fully saturated rings. The van der Waals surface area contributed by atoms with Crippen LogP contribution in [0, 0.1) is 0 Å². The summed E-state index contributed by atoms with van der Waals surface area (Å²) < 4.78 is 34.2. The quantitative estimate of drug-likeness (QED) is 0.317. The van der Waals surface area contributed by atoms with E-state index in [4.69, 9.17) is 18.5 Å². The van der Waals surface area contributed by atoms with Crippen molar-refractivity contribution in [2.24, 2.45) is 0 Å². The summed E-state index contributed by atoms with van der Waals surface area (Å²) in [5, 5.41) is 0. The number of rotatable bonds is 14. The van der Waals surface area contributed by atoms with Crippen LogP contribution in [0.1, 0.15) is 73.6 Å². The van der Waals surface area contributed by atoms with Gasteiger partial charge in [0.2, 0.25) is 0 Å². The fourth-order valence-corrected chi connectivity index (χ4v) is 4.76. The van der Waals surface area contributed by atoms with Gasteiger partial charge >= 0.3 is 19.5 Å². The van der Waals surface area contributed by atoms with Gasteiger partial charge in [0.05, 0.1) is 26.2 Å². The maximum absolute atomic E-state index is 13.0. The highest BCUT2D eigenvalue weighted by Crippen LogP contribution is 2.54. The van der Waals surface area contributed by atoms with Crippen molar-refractivity contribution in [2.75, 3.05) is 19.8 Å². The van der Waals surface area contributed by atoms with Crippen LogP contribution in [0.25, 0.3) is 0 Å². The van der Waals surface area contributed by atoms with Crippen molar-refractivity contribution < 1.29 is 32.7 Å². The molecule has 0 amide bonds. The maximum Gasteiger partial charge on any atom is 0.345 e. The third-order valence-corrected chi connectivity index (χ3v) is 6.23. The SMILES string of the molecule is CCCC(C)(CCC)OC(=O)CC(C(=O)OCC)P(=O)(OCC)OCC. The fourth-order valence-electron chi connectivity index (χ4n) is 2.90. The van der Waals surface area contributed by atoms with Crippen LogP contribution >= 0.6 is 7.60 Å². The third-order valence-electron chi connectivity index (χ3n) is 3.84. The highest BCUT2D eigenvalue weighted by atomic mass is 31.2. The average Bonchev–Trinajstić information content (AvgIpc) is 2.53. The van der Waals surface area contributed by atoms with Crippen LogP contribution < -0.4 is 0 Å². The lowest BCUT2D eigenvalue weighted by atomic mass is 9.95. The zero-order chi connectivity index (χ0) is 20.2. The van der Waals surface area contributed by atoms with Gasteiger partial charge in [-0.1, -0.05) is 26.7 Å². The summed E-state index contributed by atoms with van der Waals surface area (Å²) >= 11 is 0. The molecule has 0 aromatic rings. The Morgan fingerprint density at radius 1 is 0.923 bits per heavy atom. The summed E-state index contributed by atoms with van der Waals surface area (Å²) in [7, 11) is -3.84. The molecule has 0 aromatic heterocycles. The number of esters is 2. The van der Waals surface area contributed by atoms with Crippen molar-refractivity contribution in [3.8, 4) is 0 Å². The monoisotopic (exact) mass is 394 g/mol. The lowest BCUT2D eigenvalue weighted by molar-refractivity contribution is -0.162. The van der Waals surface area contributed by atoms with Crippen LogP contribution in [0.15, 0.2) is 0 Å². The van der Waals surface area contributed by atoms with Crippen LogP contribution in [-0.2, 0) is 32.7 Å². The number of carbonyl (C=O) groups is 2. The minimum absolute atomic E-state index is 0.0889. The normalized spacial score (nSPS) is 13.3. The van der Waals surface area contributed by atoms with Gasteiger partial charge in [-0.2, -0.15) is 0 Å². The second-order valence-corrected chi connectivity index (χ2v) is 8.49. The molecule has 0 rings (SSSR count). The lowest BCUT2D eigenvalue weighted by Gasteiger charge is -2.30. The zero-order valence-electron chi connectivity index (χ0n) is 17.0. The molecule has 0 heterocycles. The van der Waals surface area contributed by atoms with E-state index in [-0.39, 0.29) is 19.8 Å². The van der Waals surface area contributed by atoms with Crippen molar-refractivity contribution in [2.45, 2.75) is 84.9 Å². The van der Waals surface area contributed by atoms with Gasteiger partial charge in [0.1, 0.15) is 5.60 Å². The Hall–Kier alpha value is -0.910. The van der Waals surface area contributed by atoms with E-state index in [1.54, 1.807) is 20.8 Å². The minimum Gasteiger partial charge on any atom is -0.465 e. The van der Waals surface area contributed by atoms with Crippen molar-refractivity contribution in [3.63, 3.8) is 0 Å². The van der Waals surface area contributed by atoms with E-state index in [0.717, 1.165) is 12.8 Å². The van der Waals surface area contributed by atoms with Gasteiger partial charge in [-0.3, -0.25) is 14.2 Å². The predicted octanol–water partition coefficient (Wildman–Crippen LogP) is 4.48. The average molecular weight is 394 g/mol. The first kappa shape index (κ1) is 25.1. The largest absolute Gasteiger partial charge is 0.465 e. The molecule has 1 unspecified atom stereocenters. The number of hydrogen-bond donors (Lipinski definition) is 0. The Balaban J connectivity index is 5.43. The summed E-state index contributed by atoms with van der Waals surface area (Å²) in [5.74, 6) is -1.38. The molecule has 0 saturated carbocycles. The first-order chi connectivity index (χ1) is 12.2. The van der Waals surface area contributed by atoms with Crippen molar-refractivity contribution >= 4 is 19.5 Å². The highest BCUT2D eigenvalue weighted by Gasteiger charge is 2.44. The molecular weight excluding hydrogens is 359 g/mol. The molecule has 26 heavy (non-hydrogen) atoms. The Kier molecular flexibility index (Phi) is 12.0. The standard InChI is InChI=1S/C18H35O7P/c1-7-12-18(6,13-8-2)25-16(19)14-15(17(20)22-9-3)26(21,23-10-4)24-11-5/h15H,7-14H2,1-6H3. The predicted molar refractivity (Wildman–Crippen MR) is 100 cm³/mol. The van der Waals surface area contributed by atoms with E-state index in [2.05, 4.69) is 0 Å². The summed E-state index contributed by atoms with van der Waals surface area (Å²) in [5.41, 5.74) is -1.94. The third kappa shape index (κ3) is 8.19. The van der Waals surface area contributed by atoms with Crippen LogP contribution in [0.5, 0.6) is 0 Å². The molecule has 0 radical (unpaired) electrons. The molecule has 0 N–H and O–H groups in total. The first-order valence-corrected chi connectivity index (χ1v) is 11.1. The Bertz CT molecular complexity index is 462. The molecule has 0 bridgehead atoms. The fraction of sp³-hybridized carbons (Fsp3) is 0.889. The van der Waals surface area contributed by atoms with Crippen LogP contribution in [0.4, 0.5) is 0 Å². The van der Waals surface area contributed by atoms with E-state index in [1.165, 1.54) is 0 Å². The molecule has 1 atom stereocenters. The minimum atomic E-state index is -3.84. The topological polar surface area (TPSA) is 88.1 Å². The van der Waals surface area contributed by atoms with E-state index in [1.807, 2.05) is 20.8 Å². The van der Waals surface area contributed by atoms with Crippen molar-refractivity contribution in [3.05, 3.63) is 0 Å². The van der Waals surface area contributed by atoms with Gasteiger partial charge in [-0.15, -0.1) is 0 Å². The molecular formula is C18H35O7P. The molecule has 7 nitrogen and oxygen atoms in total. The second kappa shape index (κ2) is 12.5. The van der Waals surface area contributed by atoms with Crippen LogP contribution in [0.3, 0.4) is 0 Å². The van der Waals surface area contributed by atoms with Crippen LogP contribution in [0.2, 0.25) is 0 Å². The van der Waals surface area contributed by atoms with Crippen molar-refractivity contribution in [1.29, 1.82) is 0 Å². The van der Waals surface area contributed by atoms with Gasteiger partial charge in [0.25, 0.3) is 0 Å². The van der Waals surface area contributed by atoms with Gasteiger partial charge in [0, 0.05) is 0 Å². The van der Waals surface area contributed by atoms with Crippen molar-refractivity contribution in [1.82, 2.24) is 0 Å². The lowest BCUT2D eigenvalue weighted by Crippen LogP contribution is -2.35. The molecule has 0 aliphatic rings. The van der Waals surface area contributed by atoms with Gasteiger partial charge in [-0.25, -0.2) is 0 Å². The summed E-state index contributed by atoms with van der Waals surface area (Å²) in [6.07, 6.45) is 2.75. The van der Waals surface area contributed by atoms with Gasteiger partial charge in [-0.05, 0) is 40.5 Å². The van der Waals surface area contributed by atoms with E-state index >= 15 is 0 Å². The van der Waals surface area contributed by atoms with Gasteiger partial charge < -0.3 is 18.5 Å². The van der Waals surface area contributed by atoms with E-state index in [0.29, 0.717) is 12.8 Å². The maximum atomic E-state index is 13.0.